The fourth-order valence-corrected chi connectivity index (χ4v) is 2.97. The summed E-state index contributed by atoms with van der Waals surface area (Å²) in [5, 5.41) is 11.7. The van der Waals surface area contributed by atoms with Crippen molar-refractivity contribution < 1.29 is 8.42 Å². The highest BCUT2D eigenvalue weighted by Gasteiger charge is 2.06. The van der Waals surface area contributed by atoms with Gasteiger partial charge in [0.25, 0.3) is 0 Å². The molecule has 0 aliphatic heterocycles. The van der Waals surface area contributed by atoms with Crippen LogP contribution in [0.15, 0.2) is 53.4 Å². The third kappa shape index (κ3) is 5.20. The fourth-order valence-electron chi connectivity index (χ4n) is 1.72. The van der Waals surface area contributed by atoms with Crippen molar-refractivity contribution in [3.8, 4) is 0 Å². The number of hydrogen-bond acceptors (Lipinski definition) is 3. The molecule has 0 aliphatic rings. The van der Waals surface area contributed by atoms with Gasteiger partial charge in [0.2, 0.25) is 10.0 Å². The molecule has 0 atom stereocenters. The first-order chi connectivity index (χ1) is 10.3. The highest BCUT2D eigenvalue weighted by Crippen LogP contribution is 2.12. The molecule has 0 saturated heterocycles. The molecule has 0 aromatic heterocycles. The van der Waals surface area contributed by atoms with Crippen molar-refractivity contribution in [2.75, 3.05) is 5.32 Å². The van der Waals surface area contributed by atoms with Gasteiger partial charge in [-0.2, -0.15) is 0 Å². The van der Waals surface area contributed by atoms with E-state index < -0.39 is 10.0 Å². The second-order valence-electron chi connectivity index (χ2n) is 4.51. The Kier molecular flexibility index (Phi) is 5.73. The van der Waals surface area contributed by atoms with E-state index >= 15 is 0 Å². The van der Waals surface area contributed by atoms with Crippen LogP contribution in [0.5, 0.6) is 0 Å². The number of hydrogen-bond donors (Lipinski definition) is 3. The molecule has 0 unspecified atom stereocenters. The minimum absolute atomic E-state index is 0.0933. The number of sulfonamides is 1. The lowest BCUT2D eigenvalue weighted by Crippen LogP contribution is -2.27. The number of benzene rings is 2. The van der Waals surface area contributed by atoms with Crippen LogP contribution in [0.3, 0.4) is 0 Å². The number of halogens is 1. The second-order valence-corrected chi connectivity index (χ2v) is 7.72. The van der Waals surface area contributed by atoms with Gasteiger partial charge in [-0.15, -0.1) is 0 Å². The molecule has 0 fully saturated rings. The van der Waals surface area contributed by atoms with Gasteiger partial charge >= 0.3 is 0 Å². The van der Waals surface area contributed by atoms with Crippen LogP contribution < -0.4 is 15.8 Å². The van der Waals surface area contributed by atoms with Crippen LogP contribution in [0.1, 0.15) is 5.56 Å². The van der Waals surface area contributed by atoms with E-state index in [4.69, 9.17) is 17.4 Å². The smallest absolute Gasteiger partial charge is 0.238 e. The summed E-state index contributed by atoms with van der Waals surface area (Å²) in [4.78, 5) is 0.0933. The SMILES string of the molecule is NS(=O)(=O)c1ccc(CNC(=S)Nc2cccc(I)c2)cc1. The van der Waals surface area contributed by atoms with Crippen LogP contribution in [0, 0.1) is 3.57 Å². The number of nitrogens with one attached hydrogen (secondary N) is 2. The maximum atomic E-state index is 11.2. The van der Waals surface area contributed by atoms with Crippen molar-refractivity contribution >= 4 is 55.6 Å². The van der Waals surface area contributed by atoms with E-state index in [2.05, 4.69) is 33.2 Å². The minimum Gasteiger partial charge on any atom is -0.358 e. The van der Waals surface area contributed by atoms with Gasteiger partial charge in [-0.1, -0.05) is 18.2 Å². The van der Waals surface area contributed by atoms with E-state index in [9.17, 15) is 8.42 Å². The highest BCUT2D eigenvalue weighted by atomic mass is 127. The molecule has 116 valence electrons. The topological polar surface area (TPSA) is 84.2 Å². The lowest BCUT2D eigenvalue weighted by Gasteiger charge is -2.11. The Hall–Kier alpha value is -1.23. The first kappa shape index (κ1) is 17.1. The van der Waals surface area contributed by atoms with E-state index in [0.717, 1.165) is 14.8 Å². The molecular weight excluding hydrogens is 433 g/mol. The Morgan fingerprint density at radius 3 is 2.45 bits per heavy atom. The van der Waals surface area contributed by atoms with Crippen molar-refractivity contribution in [2.24, 2.45) is 5.14 Å². The largest absolute Gasteiger partial charge is 0.358 e. The maximum absolute atomic E-state index is 11.2. The summed E-state index contributed by atoms with van der Waals surface area (Å²) < 4.78 is 23.5. The zero-order valence-corrected chi connectivity index (χ0v) is 15.2. The standard InChI is InChI=1S/C14H14IN3O2S2/c15-11-2-1-3-12(8-11)18-14(21)17-9-10-4-6-13(7-5-10)22(16,19)20/h1-8H,9H2,(H2,16,19,20)(H2,17,18,21). The van der Waals surface area contributed by atoms with Crippen LogP contribution >= 0.6 is 34.8 Å². The predicted molar refractivity (Wildman–Crippen MR) is 100 cm³/mol. The van der Waals surface area contributed by atoms with Crippen molar-refractivity contribution in [2.45, 2.75) is 11.4 Å². The molecular formula is C14H14IN3O2S2. The first-order valence-corrected chi connectivity index (χ1v) is 9.30. The van der Waals surface area contributed by atoms with Crippen LogP contribution in [0.25, 0.3) is 0 Å². The molecule has 22 heavy (non-hydrogen) atoms. The van der Waals surface area contributed by atoms with Crippen LogP contribution in [-0.2, 0) is 16.6 Å². The van der Waals surface area contributed by atoms with E-state index in [1.54, 1.807) is 12.1 Å². The summed E-state index contributed by atoms with van der Waals surface area (Å²) in [6.07, 6.45) is 0. The molecule has 0 heterocycles. The summed E-state index contributed by atoms with van der Waals surface area (Å²) >= 11 is 7.45. The van der Waals surface area contributed by atoms with Gasteiger partial charge in [0, 0.05) is 15.8 Å². The zero-order valence-electron chi connectivity index (χ0n) is 11.4. The van der Waals surface area contributed by atoms with Crippen molar-refractivity contribution in [3.63, 3.8) is 0 Å². The molecule has 2 rings (SSSR count). The average molecular weight is 447 g/mol. The van der Waals surface area contributed by atoms with E-state index in [1.165, 1.54) is 12.1 Å². The molecule has 8 heteroatoms. The lowest BCUT2D eigenvalue weighted by atomic mass is 10.2. The number of anilines is 1. The predicted octanol–water partition coefficient (Wildman–Crippen LogP) is 2.43. The van der Waals surface area contributed by atoms with Gasteiger partial charge in [-0.3, -0.25) is 0 Å². The third-order valence-corrected chi connectivity index (χ3v) is 4.63. The van der Waals surface area contributed by atoms with Crippen LogP contribution in [0.4, 0.5) is 5.69 Å². The second kappa shape index (κ2) is 7.36. The molecule has 2 aromatic carbocycles. The molecule has 5 nitrogen and oxygen atoms in total. The third-order valence-electron chi connectivity index (χ3n) is 2.79. The monoisotopic (exact) mass is 447 g/mol. The first-order valence-electron chi connectivity index (χ1n) is 6.27. The molecule has 0 spiro atoms. The minimum atomic E-state index is -3.65. The van der Waals surface area contributed by atoms with E-state index in [-0.39, 0.29) is 4.90 Å². The highest BCUT2D eigenvalue weighted by molar-refractivity contribution is 14.1. The molecule has 4 N–H and O–H groups in total. The molecule has 0 bridgehead atoms. The Morgan fingerprint density at radius 2 is 1.86 bits per heavy atom. The fraction of sp³-hybridized carbons (Fsp3) is 0.0714. The lowest BCUT2D eigenvalue weighted by molar-refractivity contribution is 0.597. The van der Waals surface area contributed by atoms with Gasteiger partial charge < -0.3 is 10.6 Å². The Balaban J connectivity index is 1.91. The van der Waals surface area contributed by atoms with Gasteiger partial charge in [0.15, 0.2) is 5.11 Å². The summed E-state index contributed by atoms with van der Waals surface area (Å²) in [7, 11) is -3.65. The van der Waals surface area contributed by atoms with Crippen LogP contribution in [-0.4, -0.2) is 13.5 Å². The maximum Gasteiger partial charge on any atom is 0.238 e. The van der Waals surface area contributed by atoms with Gasteiger partial charge in [0.05, 0.1) is 4.90 Å². The Morgan fingerprint density at radius 1 is 1.18 bits per heavy atom. The van der Waals surface area contributed by atoms with Crippen molar-refractivity contribution in [1.82, 2.24) is 5.32 Å². The Bertz CT molecular complexity index is 777. The van der Waals surface area contributed by atoms with Crippen molar-refractivity contribution in [3.05, 3.63) is 57.7 Å². The van der Waals surface area contributed by atoms with Crippen molar-refractivity contribution in [1.29, 1.82) is 0 Å². The molecule has 0 saturated carbocycles. The average Bonchev–Trinajstić information content (AvgIpc) is 2.45. The number of primary sulfonamides is 1. The van der Waals surface area contributed by atoms with Crippen LogP contribution in [0.2, 0.25) is 0 Å². The normalized spacial score (nSPS) is 11.0. The quantitative estimate of drug-likeness (QED) is 0.496. The summed E-state index contributed by atoms with van der Waals surface area (Å²) in [5.74, 6) is 0. The van der Waals surface area contributed by atoms with E-state index in [1.807, 2.05) is 24.3 Å². The van der Waals surface area contributed by atoms with Gasteiger partial charge in [-0.05, 0) is 70.7 Å². The van der Waals surface area contributed by atoms with Gasteiger partial charge in [-0.25, -0.2) is 13.6 Å². The molecule has 2 aromatic rings. The summed E-state index contributed by atoms with van der Waals surface area (Å²) in [5.41, 5.74) is 1.81. The summed E-state index contributed by atoms with van der Waals surface area (Å²) in [6.45, 7) is 0.487. The summed E-state index contributed by atoms with van der Waals surface area (Å²) in [6, 6.07) is 14.2. The molecule has 0 aliphatic carbocycles. The molecule has 0 radical (unpaired) electrons. The number of nitrogens with two attached hydrogens (primary N) is 1. The number of thiocarbonyl (C=S) groups is 1. The van der Waals surface area contributed by atoms with E-state index in [0.29, 0.717) is 11.7 Å². The number of rotatable bonds is 4. The van der Waals surface area contributed by atoms with Gasteiger partial charge in [0.1, 0.15) is 0 Å². The molecule has 0 amide bonds. The zero-order chi connectivity index (χ0) is 16.2. The Labute approximate surface area is 148 Å².